The topological polar surface area (TPSA) is 12.9 Å². The number of halogens is 1. The van der Waals surface area contributed by atoms with E-state index in [4.69, 9.17) is 11.6 Å². The van der Waals surface area contributed by atoms with E-state index in [2.05, 4.69) is 34.6 Å². The first kappa shape index (κ1) is 10.7. The molecule has 1 heterocycles. The van der Waals surface area contributed by atoms with Gasteiger partial charge in [-0.2, -0.15) is 0 Å². The molecule has 0 aliphatic heterocycles. The molecule has 0 saturated heterocycles. The minimum Gasteiger partial charge on any atom is -0.250 e. The molecule has 1 aromatic heterocycles. The molecule has 0 amide bonds. The minimum atomic E-state index is 0.370. The molecule has 1 atom stereocenters. The lowest BCUT2D eigenvalue weighted by atomic mass is 9.96. The van der Waals surface area contributed by atoms with E-state index in [9.17, 15) is 0 Å². The van der Waals surface area contributed by atoms with Crippen molar-refractivity contribution < 1.29 is 0 Å². The lowest BCUT2D eigenvalue weighted by molar-refractivity contribution is 0.752. The molecule has 0 aliphatic carbocycles. The van der Waals surface area contributed by atoms with Crippen molar-refractivity contribution in [2.45, 2.75) is 12.3 Å². The zero-order valence-electron chi connectivity index (χ0n) is 8.27. The predicted octanol–water partition coefficient (Wildman–Crippen LogP) is 3.71. The fraction of sp³-hybridized carbons (Fsp3) is 0.250. The van der Waals surface area contributed by atoms with Crippen LogP contribution in [0.4, 0.5) is 0 Å². The van der Waals surface area contributed by atoms with Crippen molar-refractivity contribution >= 4 is 22.9 Å². The fourth-order valence-corrected chi connectivity index (χ4v) is 2.44. The monoisotopic (exact) mass is 237 g/mol. The molecule has 15 heavy (non-hydrogen) atoms. The van der Waals surface area contributed by atoms with Gasteiger partial charge in [-0.25, -0.2) is 4.98 Å². The lowest BCUT2D eigenvalue weighted by Gasteiger charge is -2.12. The Morgan fingerprint density at radius 1 is 1.27 bits per heavy atom. The van der Waals surface area contributed by atoms with Gasteiger partial charge in [0.05, 0.1) is 11.2 Å². The molecule has 1 nitrogen and oxygen atoms in total. The number of thiazole rings is 1. The second-order valence-electron chi connectivity index (χ2n) is 3.45. The van der Waals surface area contributed by atoms with Gasteiger partial charge in [-0.3, -0.25) is 0 Å². The summed E-state index contributed by atoms with van der Waals surface area (Å²) < 4.78 is 0. The molecule has 0 spiro atoms. The number of aromatic nitrogens is 1. The average molecular weight is 238 g/mol. The number of hydrogen-bond donors (Lipinski definition) is 0. The summed E-state index contributed by atoms with van der Waals surface area (Å²) in [7, 11) is 0. The summed E-state index contributed by atoms with van der Waals surface area (Å²) in [6.45, 7) is 0. The molecule has 0 radical (unpaired) electrons. The van der Waals surface area contributed by atoms with Crippen molar-refractivity contribution in [2.75, 3.05) is 5.88 Å². The van der Waals surface area contributed by atoms with Gasteiger partial charge in [0.15, 0.2) is 0 Å². The van der Waals surface area contributed by atoms with E-state index < -0.39 is 0 Å². The van der Waals surface area contributed by atoms with Crippen molar-refractivity contribution in [3.05, 3.63) is 52.5 Å². The van der Waals surface area contributed by atoms with Crippen LogP contribution in [0.2, 0.25) is 0 Å². The van der Waals surface area contributed by atoms with Crippen molar-refractivity contribution in [3.8, 4) is 0 Å². The number of alkyl halides is 1. The first-order valence-corrected chi connectivity index (χ1v) is 6.36. The lowest BCUT2D eigenvalue weighted by Crippen LogP contribution is -2.04. The Kier molecular flexibility index (Phi) is 3.75. The molecule has 3 heteroatoms. The van der Waals surface area contributed by atoms with E-state index in [-0.39, 0.29) is 0 Å². The highest BCUT2D eigenvalue weighted by atomic mass is 35.5. The summed E-state index contributed by atoms with van der Waals surface area (Å²) in [5.41, 5.74) is 4.29. The van der Waals surface area contributed by atoms with Crippen LogP contribution < -0.4 is 0 Å². The third kappa shape index (κ3) is 2.80. The van der Waals surface area contributed by atoms with Crippen molar-refractivity contribution in [1.29, 1.82) is 0 Å². The van der Waals surface area contributed by atoms with E-state index in [0.29, 0.717) is 11.8 Å². The van der Waals surface area contributed by atoms with E-state index in [1.165, 1.54) is 5.56 Å². The smallest absolute Gasteiger partial charge is 0.0794 e. The predicted molar refractivity (Wildman–Crippen MR) is 65.7 cm³/mol. The molecule has 0 saturated carbocycles. The molecule has 0 aliphatic rings. The van der Waals surface area contributed by atoms with Crippen LogP contribution in [0.1, 0.15) is 17.2 Å². The number of hydrogen-bond acceptors (Lipinski definition) is 2. The first-order chi connectivity index (χ1) is 7.40. The normalized spacial score (nSPS) is 12.6. The number of benzene rings is 1. The van der Waals surface area contributed by atoms with Crippen LogP contribution in [-0.2, 0) is 6.42 Å². The molecule has 2 aromatic rings. The quantitative estimate of drug-likeness (QED) is 0.739. The maximum atomic E-state index is 5.99. The molecular weight excluding hydrogens is 226 g/mol. The second-order valence-corrected chi connectivity index (χ2v) is 4.47. The van der Waals surface area contributed by atoms with Gasteiger partial charge in [0.25, 0.3) is 0 Å². The molecule has 0 N–H and O–H groups in total. The van der Waals surface area contributed by atoms with Gasteiger partial charge in [-0.05, 0) is 12.0 Å². The summed E-state index contributed by atoms with van der Waals surface area (Å²) in [4.78, 5) is 4.29. The summed E-state index contributed by atoms with van der Waals surface area (Å²) in [5.74, 6) is 1.01. The highest BCUT2D eigenvalue weighted by molar-refractivity contribution is 7.07. The van der Waals surface area contributed by atoms with Gasteiger partial charge in [0.1, 0.15) is 0 Å². The fourth-order valence-electron chi connectivity index (χ4n) is 1.58. The Morgan fingerprint density at radius 3 is 2.67 bits per heavy atom. The molecule has 2 rings (SSSR count). The van der Waals surface area contributed by atoms with E-state index in [1.807, 2.05) is 11.6 Å². The highest BCUT2D eigenvalue weighted by Crippen LogP contribution is 2.21. The zero-order valence-corrected chi connectivity index (χ0v) is 9.84. The molecule has 1 aromatic carbocycles. The maximum Gasteiger partial charge on any atom is 0.0794 e. The van der Waals surface area contributed by atoms with Gasteiger partial charge in [0.2, 0.25) is 0 Å². The summed E-state index contributed by atoms with van der Waals surface area (Å²) in [6.07, 6.45) is 0.928. The van der Waals surface area contributed by atoms with E-state index in [0.717, 1.165) is 12.1 Å². The first-order valence-electron chi connectivity index (χ1n) is 4.88. The molecule has 0 bridgehead atoms. The summed E-state index contributed by atoms with van der Waals surface area (Å²) in [5, 5.41) is 2.09. The SMILES string of the molecule is ClCC(Cc1cscn1)c1ccccc1. The van der Waals surface area contributed by atoms with Gasteiger partial charge < -0.3 is 0 Å². The Bertz CT molecular complexity index is 385. The zero-order chi connectivity index (χ0) is 10.5. The molecule has 1 unspecified atom stereocenters. The minimum absolute atomic E-state index is 0.370. The highest BCUT2D eigenvalue weighted by Gasteiger charge is 2.11. The largest absolute Gasteiger partial charge is 0.250 e. The maximum absolute atomic E-state index is 5.99. The van der Waals surface area contributed by atoms with Gasteiger partial charge in [-0.15, -0.1) is 22.9 Å². The molecule has 0 fully saturated rings. The number of nitrogens with zero attached hydrogens (tertiary/aromatic N) is 1. The van der Waals surface area contributed by atoms with Crippen LogP contribution in [-0.4, -0.2) is 10.9 Å². The van der Waals surface area contributed by atoms with Crippen molar-refractivity contribution in [2.24, 2.45) is 0 Å². The van der Waals surface area contributed by atoms with Crippen LogP contribution in [0.15, 0.2) is 41.2 Å². The van der Waals surface area contributed by atoms with Gasteiger partial charge in [0, 0.05) is 17.2 Å². The van der Waals surface area contributed by atoms with E-state index in [1.54, 1.807) is 11.3 Å². The Labute approximate surface area is 98.7 Å². The average Bonchev–Trinajstić information content (AvgIpc) is 2.80. The van der Waals surface area contributed by atoms with Crippen molar-refractivity contribution in [3.63, 3.8) is 0 Å². The summed E-state index contributed by atoms with van der Waals surface area (Å²) in [6, 6.07) is 10.4. The summed E-state index contributed by atoms with van der Waals surface area (Å²) >= 11 is 7.63. The Morgan fingerprint density at radius 2 is 2.07 bits per heavy atom. The van der Waals surface area contributed by atoms with Gasteiger partial charge in [-0.1, -0.05) is 30.3 Å². The third-order valence-electron chi connectivity index (χ3n) is 2.40. The van der Waals surface area contributed by atoms with Crippen LogP contribution in [0.3, 0.4) is 0 Å². The standard InChI is InChI=1S/C12H12ClNS/c13-7-11(6-12-8-15-9-14-12)10-4-2-1-3-5-10/h1-5,8-9,11H,6-7H2. The molecular formula is C12H12ClNS. The molecule has 78 valence electrons. The van der Waals surface area contributed by atoms with Crippen LogP contribution in [0.25, 0.3) is 0 Å². The van der Waals surface area contributed by atoms with Gasteiger partial charge >= 0.3 is 0 Å². The second kappa shape index (κ2) is 5.29. The van der Waals surface area contributed by atoms with Crippen molar-refractivity contribution in [1.82, 2.24) is 4.98 Å². The Balaban J connectivity index is 2.12. The number of rotatable bonds is 4. The van der Waals surface area contributed by atoms with E-state index >= 15 is 0 Å². The Hall–Kier alpha value is -0.860. The third-order valence-corrected chi connectivity index (χ3v) is 3.40. The van der Waals surface area contributed by atoms with Crippen LogP contribution in [0.5, 0.6) is 0 Å². The van der Waals surface area contributed by atoms with Crippen LogP contribution in [0, 0.1) is 0 Å². The van der Waals surface area contributed by atoms with Crippen LogP contribution >= 0.6 is 22.9 Å².